The Labute approximate surface area is 226 Å². The number of nitriles is 1. The van der Waals surface area contributed by atoms with E-state index in [0.717, 1.165) is 51.6 Å². The molecule has 0 saturated carbocycles. The number of aromatic nitrogens is 1. The van der Waals surface area contributed by atoms with Crippen molar-refractivity contribution in [3.05, 3.63) is 111 Å². The first-order valence-electron chi connectivity index (χ1n) is 12.2. The van der Waals surface area contributed by atoms with Crippen molar-refractivity contribution in [2.75, 3.05) is 4.90 Å². The fourth-order valence-corrected chi connectivity index (χ4v) is 6.36. The molecule has 0 radical (unpaired) electrons. The average Bonchev–Trinajstić information content (AvgIpc) is 2.90. The zero-order chi connectivity index (χ0) is 26.1. The minimum absolute atomic E-state index is 0.0818. The Bertz CT molecular complexity index is 1470. The highest BCUT2D eigenvalue weighted by Crippen LogP contribution is 2.47. The number of rotatable bonds is 5. The number of Topliss-reactive ketones (excluding diaryl/α,β-unsaturated/α-hetero) is 1. The molecule has 1 aliphatic carbocycles. The number of carbonyl (C=O) groups excluding carboxylic acids is 1. The van der Waals surface area contributed by atoms with E-state index < -0.39 is 5.92 Å². The van der Waals surface area contributed by atoms with Crippen LogP contribution in [0.25, 0.3) is 0 Å². The van der Waals surface area contributed by atoms with E-state index in [0.29, 0.717) is 28.4 Å². The van der Waals surface area contributed by atoms with Gasteiger partial charge in [-0.1, -0.05) is 29.3 Å². The third kappa shape index (κ3) is 4.77. The van der Waals surface area contributed by atoms with Crippen LogP contribution in [0.15, 0.2) is 88.5 Å². The van der Waals surface area contributed by atoms with Crippen LogP contribution in [0.3, 0.4) is 0 Å². The average molecular weight is 527 g/mol. The Morgan fingerprint density at radius 2 is 1.97 bits per heavy atom. The second-order valence-corrected chi connectivity index (χ2v) is 10.9. The second kappa shape index (κ2) is 10.5. The second-order valence-electron chi connectivity index (χ2n) is 9.41. The zero-order valence-electron chi connectivity index (χ0n) is 20.8. The molecule has 7 heteroatoms. The van der Waals surface area contributed by atoms with Gasteiger partial charge in [-0.25, -0.2) is 0 Å². The minimum atomic E-state index is -0.486. The number of hydrogen-bond acceptors (Lipinski definition) is 6. The van der Waals surface area contributed by atoms with Gasteiger partial charge >= 0.3 is 0 Å². The molecule has 2 heterocycles. The number of hydrogen-bond donors (Lipinski definition) is 1. The molecular formula is C30H27ClN4OS. The Morgan fingerprint density at radius 1 is 1.19 bits per heavy atom. The van der Waals surface area contributed by atoms with Gasteiger partial charge in [0.1, 0.15) is 5.82 Å². The quantitative estimate of drug-likeness (QED) is 0.362. The van der Waals surface area contributed by atoms with Gasteiger partial charge < -0.3 is 5.73 Å². The highest BCUT2D eigenvalue weighted by Gasteiger charge is 2.41. The smallest absolute Gasteiger partial charge is 0.161 e. The van der Waals surface area contributed by atoms with E-state index in [9.17, 15) is 10.1 Å². The zero-order valence-corrected chi connectivity index (χ0v) is 22.4. The molecule has 5 rings (SSSR count). The van der Waals surface area contributed by atoms with E-state index in [1.165, 1.54) is 5.56 Å². The number of ketones is 1. The number of anilines is 1. The molecule has 0 amide bonds. The fourth-order valence-electron chi connectivity index (χ4n) is 5.28. The Hall–Kier alpha value is -3.53. The fraction of sp³-hybridized carbons (Fsp3) is 0.233. The summed E-state index contributed by atoms with van der Waals surface area (Å²) in [4.78, 5) is 20.7. The standard InChI is InChI=1S/C30H27ClN4OS/c1-18-13-20(17-37-23-10-8-21(31)9-11-23)19(2)24(14-18)28-25(15-32)30(33)35(22-5-4-12-34-16-22)26-6-3-7-27(36)29(26)28/h4-5,8-14,16,28H,3,6-7,17,33H2,1-2H3. The van der Waals surface area contributed by atoms with E-state index in [1.807, 2.05) is 41.3 Å². The molecule has 1 aromatic heterocycles. The van der Waals surface area contributed by atoms with Crippen molar-refractivity contribution < 1.29 is 4.79 Å². The van der Waals surface area contributed by atoms with Crippen LogP contribution in [0.4, 0.5) is 5.69 Å². The maximum atomic E-state index is 13.5. The lowest BCUT2D eigenvalue weighted by Gasteiger charge is -2.40. The van der Waals surface area contributed by atoms with Crippen molar-refractivity contribution in [2.24, 2.45) is 5.73 Å². The molecule has 37 heavy (non-hydrogen) atoms. The first-order chi connectivity index (χ1) is 17.9. The summed E-state index contributed by atoms with van der Waals surface area (Å²) in [6, 6.07) is 18.2. The van der Waals surface area contributed by atoms with E-state index in [1.54, 1.807) is 24.2 Å². The summed E-state index contributed by atoms with van der Waals surface area (Å²) >= 11 is 7.78. The number of thioether (sulfide) groups is 1. The van der Waals surface area contributed by atoms with Crippen molar-refractivity contribution in [3.8, 4) is 6.07 Å². The molecule has 1 aliphatic heterocycles. The summed E-state index contributed by atoms with van der Waals surface area (Å²) in [5, 5.41) is 11.1. The number of nitrogens with two attached hydrogens (primary N) is 1. The summed E-state index contributed by atoms with van der Waals surface area (Å²) in [6.07, 6.45) is 5.36. The van der Waals surface area contributed by atoms with Crippen LogP contribution in [0, 0.1) is 25.2 Å². The number of halogens is 1. The van der Waals surface area contributed by atoms with Gasteiger partial charge in [0.2, 0.25) is 0 Å². The molecule has 2 aromatic carbocycles. The van der Waals surface area contributed by atoms with Crippen molar-refractivity contribution in [1.29, 1.82) is 5.26 Å². The molecule has 2 N–H and O–H groups in total. The predicted octanol–water partition coefficient (Wildman–Crippen LogP) is 6.95. The molecule has 0 fully saturated rings. The van der Waals surface area contributed by atoms with Crippen molar-refractivity contribution >= 4 is 34.8 Å². The number of benzene rings is 2. The summed E-state index contributed by atoms with van der Waals surface area (Å²) in [6.45, 7) is 4.14. The molecule has 0 spiro atoms. The van der Waals surface area contributed by atoms with Crippen molar-refractivity contribution in [3.63, 3.8) is 0 Å². The summed E-state index contributed by atoms with van der Waals surface area (Å²) in [7, 11) is 0. The number of nitrogens with zero attached hydrogens (tertiary/aromatic N) is 3. The maximum absolute atomic E-state index is 13.5. The molecule has 1 atom stereocenters. The third-order valence-electron chi connectivity index (χ3n) is 7.04. The minimum Gasteiger partial charge on any atom is -0.384 e. The molecule has 0 bridgehead atoms. The Morgan fingerprint density at radius 3 is 2.68 bits per heavy atom. The molecule has 1 unspecified atom stereocenters. The number of aryl methyl sites for hydroxylation is 1. The van der Waals surface area contributed by atoms with Crippen molar-refractivity contribution in [2.45, 2.75) is 49.7 Å². The van der Waals surface area contributed by atoms with Gasteiger partial charge in [-0.3, -0.25) is 14.7 Å². The summed E-state index contributed by atoms with van der Waals surface area (Å²) in [5.41, 5.74) is 13.8. The topological polar surface area (TPSA) is 83.0 Å². The first kappa shape index (κ1) is 25.1. The van der Waals surface area contributed by atoms with Gasteiger partial charge in [-0.05, 0) is 79.8 Å². The van der Waals surface area contributed by atoms with E-state index in [2.05, 4.69) is 37.0 Å². The molecule has 3 aromatic rings. The third-order valence-corrected chi connectivity index (χ3v) is 8.35. The van der Waals surface area contributed by atoms with Crippen LogP contribution < -0.4 is 10.6 Å². The van der Waals surface area contributed by atoms with Gasteiger partial charge in [-0.2, -0.15) is 5.26 Å². The van der Waals surface area contributed by atoms with Crippen LogP contribution in [-0.4, -0.2) is 10.8 Å². The van der Waals surface area contributed by atoms with Gasteiger partial charge in [-0.15, -0.1) is 11.8 Å². The van der Waals surface area contributed by atoms with Gasteiger partial charge in [0.05, 0.1) is 29.4 Å². The molecule has 0 saturated heterocycles. The number of allylic oxidation sites excluding steroid dienone is 3. The SMILES string of the molecule is Cc1cc(CSc2ccc(Cl)cc2)c(C)c(C2C(C#N)=C(N)N(c3cccnc3)C3=C2C(=O)CCC3)c1. The van der Waals surface area contributed by atoms with Crippen LogP contribution in [0.2, 0.25) is 5.02 Å². The van der Waals surface area contributed by atoms with Gasteiger partial charge in [0, 0.05) is 39.6 Å². The summed E-state index contributed by atoms with van der Waals surface area (Å²) < 4.78 is 0. The largest absolute Gasteiger partial charge is 0.384 e. The van der Waals surface area contributed by atoms with Gasteiger partial charge in [0.15, 0.2) is 5.78 Å². The molecule has 5 nitrogen and oxygen atoms in total. The number of carbonyl (C=O) groups is 1. The molecular weight excluding hydrogens is 500 g/mol. The van der Waals surface area contributed by atoms with E-state index in [4.69, 9.17) is 17.3 Å². The van der Waals surface area contributed by atoms with Crippen LogP contribution in [0.1, 0.15) is 47.4 Å². The first-order valence-corrected chi connectivity index (χ1v) is 13.6. The van der Waals surface area contributed by atoms with E-state index >= 15 is 0 Å². The molecule has 186 valence electrons. The lowest BCUT2D eigenvalue weighted by Crippen LogP contribution is -2.39. The highest BCUT2D eigenvalue weighted by molar-refractivity contribution is 7.98. The van der Waals surface area contributed by atoms with Crippen LogP contribution >= 0.6 is 23.4 Å². The number of pyridine rings is 1. The van der Waals surface area contributed by atoms with Crippen molar-refractivity contribution in [1.82, 2.24) is 4.98 Å². The molecule has 2 aliphatic rings. The Balaban J connectivity index is 1.62. The lowest BCUT2D eigenvalue weighted by atomic mass is 9.74. The van der Waals surface area contributed by atoms with Gasteiger partial charge in [0.25, 0.3) is 0 Å². The maximum Gasteiger partial charge on any atom is 0.161 e. The highest BCUT2D eigenvalue weighted by atomic mass is 35.5. The van der Waals surface area contributed by atoms with E-state index in [-0.39, 0.29) is 5.78 Å². The monoisotopic (exact) mass is 526 g/mol. The normalized spacial score (nSPS) is 17.6. The van der Waals surface area contributed by atoms with Crippen LogP contribution in [-0.2, 0) is 10.5 Å². The summed E-state index contributed by atoms with van der Waals surface area (Å²) in [5.74, 6) is 0.725. The Kier molecular flexibility index (Phi) is 7.10. The van der Waals surface area contributed by atoms with Crippen LogP contribution in [0.5, 0.6) is 0 Å². The predicted molar refractivity (Wildman–Crippen MR) is 149 cm³/mol. The lowest BCUT2D eigenvalue weighted by molar-refractivity contribution is -0.116.